The molecule has 0 radical (unpaired) electrons. The van der Waals surface area contributed by atoms with Gasteiger partial charge in [0, 0.05) is 12.0 Å². The zero-order valence-corrected chi connectivity index (χ0v) is 11.5. The molecule has 0 fully saturated rings. The van der Waals surface area contributed by atoms with E-state index in [9.17, 15) is 18.0 Å². The van der Waals surface area contributed by atoms with Gasteiger partial charge in [-0.15, -0.1) is 0 Å². The Balaban J connectivity index is 2.63. The number of alkyl halides is 3. The van der Waals surface area contributed by atoms with E-state index < -0.39 is 31.0 Å². The van der Waals surface area contributed by atoms with Gasteiger partial charge in [-0.25, -0.2) is 0 Å². The number of carbonyl (C=O) groups excluding carboxylic acids is 1. The molecule has 3 nitrogen and oxygen atoms in total. The summed E-state index contributed by atoms with van der Waals surface area (Å²) >= 11 is 0. The number of nitrogens with one attached hydrogen (secondary N) is 1. The van der Waals surface area contributed by atoms with Crippen LogP contribution >= 0.6 is 0 Å². The summed E-state index contributed by atoms with van der Waals surface area (Å²) in [6, 6.07) is 6.52. The standard InChI is InChI=1S/C15H16F3NO2/c1-11(19-14(21)7-8-15(16,17)18)13-6-2-4-12(10-13)5-3-9-20/h2,4,6,10-11,20H,7-9H2,1H3,(H,19,21). The van der Waals surface area contributed by atoms with Crippen LogP contribution in [-0.4, -0.2) is 23.8 Å². The molecule has 0 aromatic heterocycles. The molecular weight excluding hydrogens is 283 g/mol. The van der Waals surface area contributed by atoms with E-state index in [1.807, 2.05) is 0 Å². The number of aliphatic hydroxyl groups excluding tert-OH is 1. The second-order valence-corrected chi connectivity index (χ2v) is 4.49. The molecule has 0 heterocycles. The lowest BCUT2D eigenvalue weighted by Crippen LogP contribution is -2.27. The van der Waals surface area contributed by atoms with Crippen molar-refractivity contribution in [3.05, 3.63) is 35.4 Å². The van der Waals surface area contributed by atoms with Crippen molar-refractivity contribution >= 4 is 5.91 Å². The van der Waals surface area contributed by atoms with Crippen LogP contribution in [0, 0.1) is 11.8 Å². The quantitative estimate of drug-likeness (QED) is 0.840. The first-order valence-electron chi connectivity index (χ1n) is 6.37. The summed E-state index contributed by atoms with van der Waals surface area (Å²) in [6.07, 6.45) is -6.05. The van der Waals surface area contributed by atoms with Crippen LogP contribution in [0.25, 0.3) is 0 Å². The molecule has 0 saturated heterocycles. The van der Waals surface area contributed by atoms with E-state index in [2.05, 4.69) is 17.2 Å². The maximum atomic E-state index is 12.0. The molecule has 1 amide bonds. The largest absolute Gasteiger partial charge is 0.389 e. The summed E-state index contributed by atoms with van der Waals surface area (Å²) in [4.78, 5) is 11.5. The van der Waals surface area contributed by atoms with E-state index in [0.717, 1.165) is 5.56 Å². The smallest absolute Gasteiger partial charge is 0.384 e. The van der Waals surface area contributed by atoms with Crippen molar-refractivity contribution in [3.63, 3.8) is 0 Å². The Labute approximate surface area is 121 Å². The number of halogens is 3. The zero-order chi connectivity index (χ0) is 15.9. The Kier molecular flexibility index (Phi) is 6.25. The molecule has 21 heavy (non-hydrogen) atoms. The summed E-state index contributed by atoms with van der Waals surface area (Å²) < 4.78 is 36.1. The summed E-state index contributed by atoms with van der Waals surface area (Å²) in [5.74, 6) is 4.58. The molecule has 1 rings (SSSR count). The molecular formula is C15H16F3NO2. The van der Waals surface area contributed by atoms with Crippen molar-refractivity contribution in [2.24, 2.45) is 0 Å². The van der Waals surface area contributed by atoms with Crippen LogP contribution in [0.5, 0.6) is 0 Å². The first kappa shape index (κ1) is 17.1. The molecule has 1 aromatic rings. The lowest BCUT2D eigenvalue weighted by atomic mass is 10.0. The second kappa shape index (κ2) is 7.70. The Morgan fingerprint density at radius 1 is 1.43 bits per heavy atom. The average molecular weight is 299 g/mol. The highest BCUT2D eigenvalue weighted by atomic mass is 19.4. The summed E-state index contributed by atoms with van der Waals surface area (Å²) in [5, 5.41) is 11.1. The van der Waals surface area contributed by atoms with E-state index in [4.69, 9.17) is 5.11 Å². The molecule has 1 atom stereocenters. The third-order valence-electron chi connectivity index (χ3n) is 2.71. The van der Waals surface area contributed by atoms with Crippen LogP contribution in [0.4, 0.5) is 13.2 Å². The SMILES string of the molecule is CC(NC(=O)CCC(F)(F)F)c1cccc(C#CCO)c1. The van der Waals surface area contributed by atoms with Crippen molar-refractivity contribution < 1.29 is 23.1 Å². The molecule has 0 aliphatic carbocycles. The average Bonchev–Trinajstić information content (AvgIpc) is 2.42. The minimum atomic E-state index is -4.33. The predicted octanol–water partition coefficient (Wildman–Crippen LogP) is 2.55. The molecule has 0 spiro atoms. The number of hydrogen-bond acceptors (Lipinski definition) is 2. The molecule has 0 aliphatic rings. The number of rotatable bonds is 4. The number of benzene rings is 1. The number of amides is 1. The number of hydrogen-bond donors (Lipinski definition) is 2. The van der Waals surface area contributed by atoms with Crippen molar-refractivity contribution in [1.82, 2.24) is 5.32 Å². The Morgan fingerprint density at radius 2 is 2.14 bits per heavy atom. The lowest BCUT2D eigenvalue weighted by molar-refractivity contribution is -0.144. The molecule has 1 unspecified atom stereocenters. The van der Waals surface area contributed by atoms with Gasteiger partial charge < -0.3 is 10.4 Å². The maximum absolute atomic E-state index is 12.0. The van der Waals surface area contributed by atoms with E-state index in [-0.39, 0.29) is 6.61 Å². The van der Waals surface area contributed by atoms with Crippen LogP contribution in [0.15, 0.2) is 24.3 Å². The monoisotopic (exact) mass is 299 g/mol. The fourth-order valence-electron chi connectivity index (χ4n) is 1.68. The Morgan fingerprint density at radius 3 is 2.76 bits per heavy atom. The van der Waals surface area contributed by atoms with Crippen LogP contribution in [0.1, 0.15) is 36.9 Å². The van der Waals surface area contributed by atoms with Gasteiger partial charge in [-0.1, -0.05) is 24.0 Å². The fourth-order valence-corrected chi connectivity index (χ4v) is 1.68. The molecule has 114 valence electrons. The highest BCUT2D eigenvalue weighted by Crippen LogP contribution is 2.21. The molecule has 0 saturated carbocycles. The summed E-state index contributed by atoms with van der Waals surface area (Å²) in [5.41, 5.74) is 1.40. The van der Waals surface area contributed by atoms with Crippen LogP contribution in [0.2, 0.25) is 0 Å². The van der Waals surface area contributed by atoms with Gasteiger partial charge >= 0.3 is 6.18 Å². The van der Waals surface area contributed by atoms with Crippen molar-refractivity contribution in [3.8, 4) is 11.8 Å². The first-order chi connectivity index (χ1) is 9.81. The van der Waals surface area contributed by atoms with Crippen LogP contribution in [-0.2, 0) is 4.79 Å². The van der Waals surface area contributed by atoms with E-state index in [1.54, 1.807) is 31.2 Å². The highest BCUT2D eigenvalue weighted by Gasteiger charge is 2.28. The van der Waals surface area contributed by atoms with Crippen LogP contribution < -0.4 is 5.32 Å². The lowest BCUT2D eigenvalue weighted by Gasteiger charge is -2.15. The molecule has 0 bridgehead atoms. The van der Waals surface area contributed by atoms with Gasteiger partial charge in [-0.05, 0) is 24.6 Å². The fraction of sp³-hybridized carbons (Fsp3) is 0.400. The van der Waals surface area contributed by atoms with Crippen molar-refractivity contribution in [1.29, 1.82) is 0 Å². The second-order valence-electron chi connectivity index (χ2n) is 4.49. The normalized spacial score (nSPS) is 12.2. The van der Waals surface area contributed by atoms with Gasteiger partial charge in [0.05, 0.1) is 12.5 Å². The van der Waals surface area contributed by atoms with E-state index >= 15 is 0 Å². The minimum Gasteiger partial charge on any atom is -0.384 e. The number of aliphatic hydroxyl groups is 1. The van der Waals surface area contributed by atoms with Gasteiger partial charge in [0.1, 0.15) is 6.61 Å². The summed E-state index contributed by atoms with van der Waals surface area (Å²) in [7, 11) is 0. The Bertz CT molecular complexity index is 544. The van der Waals surface area contributed by atoms with Gasteiger partial charge in [0.15, 0.2) is 0 Å². The molecule has 1 aromatic carbocycles. The van der Waals surface area contributed by atoms with E-state index in [0.29, 0.717) is 5.56 Å². The van der Waals surface area contributed by atoms with Gasteiger partial charge in [-0.3, -0.25) is 4.79 Å². The third kappa shape index (κ3) is 6.82. The summed E-state index contributed by atoms with van der Waals surface area (Å²) in [6.45, 7) is 1.43. The van der Waals surface area contributed by atoms with Gasteiger partial charge in [0.25, 0.3) is 0 Å². The predicted molar refractivity (Wildman–Crippen MR) is 72.3 cm³/mol. The minimum absolute atomic E-state index is 0.256. The van der Waals surface area contributed by atoms with Crippen molar-refractivity contribution in [2.45, 2.75) is 32.0 Å². The topological polar surface area (TPSA) is 49.3 Å². The highest BCUT2D eigenvalue weighted by molar-refractivity contribution is 5.76. The molecule has 0 aliphatic heterocycles. The third-order valence-corrected chi connectivity index (χ3v) is 2.71. The van der Waals surface area contributed by atoms with Gasteiger partial charge in [-0.2, -0.15) is 13.2 Å². The zero-order valence-electron chi connectivity index (χ0n) is 11.5. The molecule has 6 heteroatoms. The maximum Gasteiger partial charge on any atom is 0.389 e. The molecule has 2 N–H and O–H groups in total. The van der Waals surface area contributed by atoms with E-state index in [1.165, 1.54) is 0 Å². The Hall–Kier alpha value is -2.00. The van der Waals surface area contributed by atoms with Gasteiger partial charge in [0.2, 0.25) is 5.91 Å². The van der Waals surface area contributed by atoms with Crippen LogP contribution in [0.3, 0.4) is 0 Å². The van der Waals surface area contributed by atoms with Crippen molar-refractivity contribution in [2.75, 3.05) is 6.61 Å². The number of carbonyl (C=O) groups is 1. The first-order valence-corrected chi connectivity index (χ1v) is 6.37.